The molecule has 0 aliphatic heterocycles. The number of ether oxygens (including phenoxy) is 1. The molecule has 0 saturated heterocycles. The van der Waals surface area contributed by atoms with Crippen molar-refractivity contribution < 1.29 is 13.9 Å². The van der Waals surface area contributed by atoms with Crippen LogP contribution in [0.15, 0.2) is 12.8 Å². The second-order valence-electron chi connectivity index (χ2n) is 0.522. The van der Waals surface area contributed by atoms with Crippen molar-refractivity contribution in [2.75, 3.05) is 0 Å². The fourth-order valence-corrected chi connectivity index (χ4v) is 0.0655. The van der Waals surface area contributed by atoms with Gasteiger partial charge in [-0.3, -0.25) is 0 Å². The summed E-state index contributed by atoms with van der Waals surface area (Å²) in [6.07, 6.45) is -1.10. The predicted octanol–water partition coefficient (Wildman–Crippen LogP) is 1.24. The molecule has 0 amide bonds. The summed E-state index contributed by atoms with van der Waals surface area (Å²) in [5.74, 6) is 0. The van der Waals surface area contributed by atoms with E-state index < -0.39 is 6.22 Å². The Balaban J connectivity index is 3.05. The maximum Gasteiger partial charge on any atom is 0.500 e. The molecule has 0 unspecified atom stereocenters. The van der Waals surface area contributed by atoms with E-state index in [1.165, 1.54) is 0 Å². The Morgan fingerprint density at radius 1 is 2.00 bits per heavy atom. The highest BCUT2D eigenvalue weighted by atomic mass is 19.1. The Morgan fingerprint density at radius 2 is 2.50 bits per heavy atom. The summed E-state index contributed by atoms with van der Waals surface area (Å²) in [6.45, 7) is 2.92. The largest absolute Gasteiger partial charge is 0.500 e. The highest BCUT2D eigenvalue weighted by Gasteiger charge is 1.87. The Morgan fingerprint density at radius 3 is 2.50 bits per heavy atom. The molecule has 0 aromatic heterocycles. The number of hydrogen-bond acceptors (Lipinski definition) is 2. The van der Waals surface area contributed by atoms with Crippen molar-refractivity contribution >= 4 is 6.22 Å². The first kappa shape index (κ1) is 5.14. The quantitative estimate of drug-likeness (QED) is 0.357. The second-order valence-corrected chi connectivity index (χ2v) is 0.522. The minimum absolute atomic E-state index is 0.725. The summed E-state index contributed by atoms with van der Waals surface area (Å²) >= 11 is 0. The lowest BCUT2D eigenvalue weighted by Gasteiger charge is -1.78. The monoisotopic (exact) mass is 90.0 g/mol. The van der Waals surface area contributed by atoms with Crippen LogP contribution in [0.25, 0.3) is 0 Å². The van der Waals surface area contributed by atoms with E-state index in [1.807, 2.05) is 0 Å². The molecule has 0 fully saturated rings. The average molecular weight is 90.1 g/mol. The first-order chi connectivity index (χ1) is 2.77. The summed E-state index contributed by atoms with van der Waals surface area (Å²) in [4.78, 5) is 9.08. The van der Waals surface area contributed by atoms with Crippen LogP contribution in [0, 0.1) is 0 Å². The van der Waals surface area contributed by atoms with Gasteiger partial charge in [0.2, 0.25) is 0 Å². The van der Waals surface area contributed by atoms with Gasteiger partial charge in [0, 0.05) is 0 Å². The second kappa shape index (κ2) is 2.38. The molecule has 0 aromatic carbocycles. The molecule has 0 radical (unpaired) electrons. The zero-order chi connectivity index (χ0) is 4.99. The van der Waals surface area contributed by atoms with Crippen LogP contribution in [0.3, 0.4) is 0 Å². The maximum absolute atomic E-state index is 10.8. The van der Waals surface area contributed by atoms with Gasteiger partial charge in [0.25, 0.3) is 0 Å². The Labute approximate surface area is 34.2 Å². The fourth-order valence-electron chi connectivity index (χ4n) is 0.0655. The summed E-state index contributed by atoms with van der Waals surface area (Å²) < 4.78 is 14.3. The first-order valence-electron chi connectivity index (χ1n) is 1.24. The average Bonchev–Trinajstić information content (AvgIpc) is 1.35. The third-order valence-electron chi connectivity index (χ3n) is 0.176. The van der Waals surface area contributed by atoms with E-state index in [1.54, 1.807) is 0 Å². The molecule has 0 heterocycles. The maximum atomic E-state index is 10.8. The summed E-state index contributed by atoms with van der Waals surface area (Å²) in [7, 11) is 0. The van der Waals surface area contributed by atoms with Crippen LogP contribution < -0.4 is 0 Å². The first-order valence-corrected chi connectivity index (χ1v) is 1.24. The lowest BCUT2D eigenvalue weighted by molar-refractivity contribution is 0.160. The molecule has 0 atom stereocenters. The molecular formula is C3H3FO2. The third kappa shape index (κ3) is 3.14. The number of hydrogen-bond donors (Lipinski definition) is 0. The van der Waals surface area contributed by atoms with Crippen molar-refractivity contribution in [3.63, 3.8) is 0 Å². The van der Waals surface area contributed by atoms with Crippen molar-refractivity contribution in [2.24, 2.45) is 0 Å². The van der Waals surface area contributed by atoms with E-state index in [0.29, 0.717) is 0 Å². The van der Waals surface area contributed by atoms with Crippen molar-refractivity contribution in [2.45, 2.75) is 0 Å². The van der Waals surface area contributed by atoms with E-state index in [2.05, 4.69) is 11.3 Å². The number of rotatable bonds is 1. The number of carbonyl (C=O) groups excluding carboxylic acids is 1. The predicted molar refractivity (Wildman–Crippen MR) is 17.8 cm³/mol. The summed E-state index contributed by atoms with van der Waals surface area (Å²) in [6, 6.07) is 0. The van der Waals surface area contributed by atoms with Gasteiger partial charge in [-0.2, -0.15) is 0 Å². The highest BCUT2D eigenvalue weighted by molar-refractivity contribution is 5.58. The van der Waals surface area contributed by atoms with Gasteiger partial charge in [0.15, 0.2) is 0 Å². The molecule has 0 saturated carbocycles. The van der Waals surface area contributed by atoms with Crippen LogP contribution in [0.5, 0.6) is 0 Å². The van der Waals surface area contributed by atoms with E-state index in [0.717, 1.165) is 6.26 Å². The molecule has 0 aromatic rings. The molecule has 0 spiro atoms. The van der Waals surface area contributed by atoms with Crippen LogP contribution in [0.4, 0.5) is 9.18 Å². The smallest absolute Gasteiger partial charge is 0.410 e. The van der Waals surface area contributed by atoms with Crippen LogP contribution >= 0.6 is 0 Å². The Bertz CT molecular complexity index is 69.2. The number of halogens is 1. The van der Waals surface area contributed by atoms with Gasteiger partial charge in [0.1, 0.15) is 0 Å². The minimum Gasteiger partial charge on any atom is -0.410 e. The highest BCUT2D eigenvalue weighted by Crippen LogP contribution is 1.78. The van der Waals surface area contributed by atoms with Gasteiger partial charge in [-0.25, -0.2) is 4.79 Å². The standard InChI is InChI=1S/C3H3FO2/c1-2-6-3(4)5/h2H,1H2. The third-order valence-corrected chi connectivity index (χ3v) is 0.176. The molecule has 34 valence electrons. The molecule has 6 heavy (non-hydrogen) atoms. The van der Waals surface area contributed by atoms with E-state index in [4.69, 9.17) is 4.79 Å². The molecule has 0 aliphatic rings. The summed E-state index contributed by atoms with van der Waals surface area (Å²) in [5, 5.41) is 0. The SMILES string of the molecule is C=COC(=O)F. The van der Waals surface area contributed by atoms with E-state index in [-0.39, 0.29) is 0 Å². The van der Waals surface area contributed by atoms with E-state index in [9.17, 15) is 4.39 Å². The minimum atomic E-state index is -1.83. The molecule has 0 aliphatic carbocycles. The molecule has 0 bridgehead atoms. The van der Waals surface area contributed by atoms with Crippen molar-refractivity contribution in [3.8, 4) is 0 Å². The topological polar surface area (TPSA) is 26.3 Å². The van der Waals surface area contributed by atoms with Gasteiger partial charge in [-0.1, -0.05) is 6.58 Å². The molecule has 3 heteroatoms. The van der Waals surface area contributed by atoms with Crippen LogP contribution in [0.1, 0.15) is 0 Å². The lowest BCUT2D eigenvalue weighted by Crippen LogP contribution is -1.81. The zero-order valence-electron chi connectivity index (χ0n) is 2.98. The summed E-state index contributed by atoms with van der Waals surface area (Å²) in [5.41, 5.74) is 0. The van der Waals surface area contributed by atoms with Gasteiger partial charge in [-0.15, -0.1) is 4.39 Å². The van der Waals surface area contributed by atoms with Crippen LogP contribution in [-0.2, 0) is 4.74 Å². The fraction of sp³-hybridized carbons (Fsp3) is 0. The van der Waals surface area contributed by atoms with Gasteiger partial charge < -0.3 is 4.74 Å². The van der Waals surface area contributed by atoms with Gasteiger partial charge >= 0.3 is 6.22 Å². The molecule has 0 N–H and O–H groups in total. The zero-order valence-corrected chi connectivity index (χ0v) is 2.98. The molecule has 0 rings (SSSR count). The molecular weight excluding hydrogens is 87.0 g/mol. The Hall–Kier alpha value is -0.860. The van der Waals surface area contributed by atoms with E-state index >= 15 is 0 Å². The lowest BCUT2D eigenvalue weighted by atomic mass is 11.1. The Kier molecular flexibility index (Phi) is 2.04. The number of carbonyl (C=O) groups is 1. The van der Waals surface area contributed by atoms with Crippen LogP contribution in [-0.4, -0.2) is 6.22 Å². The van der Waals surface area contributed by atoms with Crippen molar-refractivity contribution in [3.05, 3.63) is 12.8 Å². The van der Waals surface area contributed by atoms with Crippen molar-refractivity contribution in [1.82, 2.24) is 0 Å². The molecule has 2 nitrogen and oxygen atoms in total. The van der Waals surface area contributed by atoms with Gasteiger partial charge in [0.05, 0.1) is 6.26 Å². The normalized spacial score (nSPS) is 6.83. The van der Waals surface area contributed by atoms with Crippen molar-refractivity contribution in [1.29, 1.82) is 0 Å². The van der Waals surface area contributed by atoms with Gasteiger partial charge in [-0.05, 0) is 0 Å². The van der Waals surface area contributed by atoms with Crippen LogP contribution in [0.2, 0.25) is 0 Å².